The number of allylic oxidation sites excluding steroid dienone is 4. The van der Waals surface area contributed by atoms with Crippen molar-refractivity contribution in [2.45, 2.75) is 25.7 Å². The lowest BCUT2D eigenvalue weighted by molar-refractivity contribution is -0.115. The lowest BCUT2D eigenvalue weighted by Gasteiger charge is -2.19. The fourth-order valence-corrected chi connectivity index (χ4v) is 2.35. The van der Waals surface area contributed by atoms with E-state index in [4.69, 9.17) is 0 Å². The van der Waals surface area contributed by atoms with Crippen molar-refractivity contribution in [2.24, 2.45) is 11.8 Å². The monoisotopic (exact) mass is 160 g/mol. The molecule has 0 saturated heterocycles. The normalized spacial score (nSPS) is 37.8. The number of rotatable bonds is 0. The molecule has 0 aliphatic heterocycles. The molecular weight excluding hydrogens is 148 g/mol. The molecule has 1 nitrogen and oxygen atoms in total. The van der Waals surface area contributed by atoms with Crippen molar-refractivity contribution >= 4 is 5.78 Å². The Hall–Kier alpha value is -0.850. The van der Waals surface area contributed by atoms with Crippen molar-refractivity contribution in [3.63, 3.8) is 0 Å². The lowest BCUT2D eigenvalue weighted by atomic mass is 9.84. The van der Waals surface area contributed by atoms with Crippen LogP contribution in [0.4, 0.5) is 0 Å². The molecule has 0 aromatic carbocycles. The van der Waals surface area contributed by atoms with Gasteiger partial charge in [0.15, 0.2) is 5.78 Å². The summed E-state index contributed by atoms with van der Waals surface area (Å²) in [7, 11) is 0. The van der Waals surface area contributed by atoms with Gasteiger partial charge >= 0.3 is 0 Å². The Bertz CT molecular complexity index is 309. The molecule has 0 amide bonds. The third-order valence-corrected chi connectivity index (χ3v) is 3.18. The minimum Gasteiger partial charge on any atom is -0.294 e. The van der Waals surface area contributed by atoms with Crippen LogP contribution in [0.1, 0.15) is 25.7 Å². The van der Waals surface area contributed by atoms with Crippen LogP contribution in [0.15, 0.2) is 23.3 Å². The summed E-state index contributed by atoms with van der Waals surface area (Å²) in [5.41, 5.74) is 2.42. The van der Waals surface area contributed by atoms with Crippen LogP contribution in [0.2, 0.25) is 0 Å². The predicted octanol–water partition coefficient (Wildman–Crippen LogP) is 2.24. The molecule has 2 fully saturated rings. The summed E-state index contributed by atoms with van der Waals surface area (Å²) < 4.78 is 0. The molecule has 3 rings (SSSR count). The quantitative estimate of drug-likeness (QED) is 0.531. The summed E-state index contributed by atoms with van der Waals surface area (Å²) in [6, 6.07) is 0. The fraction of sp³-hybridized carbons (Fsp3) is 0.545. The number of carbonyl (C=O) groups is 1. The van der Waals surface area contributed by atoms with Crippen molar-refractivity contribution in [1.29, 1.82) is 0 Å². The molecule has 62 valence electrons. The first-order valence-electron chi connectivity index (χ1n) is 4.81. The van der Waals surface area contributed by atoms with Gasteiger partial charge in [0.25, 0.3) is 0 Å². The fourth-order valence-electron chi connectivity index (χ4n) is 2.35. The van der Waals surface area contributed by atoms with Crippen molar-refractivity contribution < 1.29 is 4.79 Å². The zero-order valence-corrected chi connectivity index (χ0v) is 7.05. The topological polar surface area (TPSA) is 17.1 Å². The maximum absolute atomic E-state index is 11.5. The average molecular weight is 160 g/mol. The van der Waals surface area contributed by atoms with E-state index in [9.17, 15) is 4.79 Å². The summed E-state index contributed by atoms with van der Waals surface area (Å²) in [4.78, 5) is 11.5. The molecule has 0 aromatic heterocycles. The number of fused-ring (bicyclic) bond motifs is 2. The molecule has 2 unspecified atom stereocenters. The summed E-state index contributed by atoms with van der Waals surface area (Å²) in [5, 5.41) is 0. The average Bonchev–Trinajstić information content (AvgIpc) is 2.79. The highest BCUT2D eigenvalue weighted by Gasteiger charge is 2.39. The van der Waals surface area contributed by atoms with E-state index in [2.05, 4.69) is 12.2 Å². The summed E-state index contributed by atoms with van der Waals surface area (Å²) in [5.74, 6) is 1.92. The first kappa shape index (κ1) is 6.64. The van der Waals surface area contributed by atoms with Crippen LogP contribution in [0.3, 0.4) is 0 Å². The van der Waals surface area contributed by atoms with E-state index in [0.717, 1.165) is 36.7 Å². The molecule has 0 spiro atoms. The second kappa shape index (κ2) is 2.09. The van der Waals surface area contributed by atoms with Gasteiger partial charge in [-0.3, -0.25) is 4.79 Å². The molecule has 12 heavy (non-hydrogen) atoms. The van der Waals surface area contributed by atoms with Crippen molar-refractivity contribution in [1.82, 2.24) is 0 Å². The second-order valence-corrected chi connectivity index (χ2v) is 4.11. The van der Waals surface area contributed by atoms with Crippen LogP contribution in [0.25, 0.3) is 0 Å². The molecular formula is C11H12O. The molecule has 0 N–H and O–H groups in total. The summed E-state index contributed by atoms with van der Waals surface area (Å²) in [6.07, 6.45) is 8.85. The molecule has 3 aliphatic rings. The Morgan fingerprint density at radius 3 is 2.92 bits per heavy atom. The molecule has 0 radical (unpaired) electrons. The number of hydrogen-bond donors (Lipinski definition) is 0. The van der Waals surface area contributed by atoms with Crippen LogP contribution in [0, 0.1) is 11.8 Å². The van der Waals surface area contributed by atoms with E-state index < -0.39 is 0 Å². The number of hydrogen-bond acceptors (Lipinski definition) is 1. The van der Waals surface area contributed by atoms with Gasteiger partial charge in [-0.2, -0.15) is 0 Å². The van der Waals surface area contributed by atoms with Gasteiger partial charge in [0.05, 0.1) is 0 Å². The van der Waals surface area contributed by atoms with E-state index >= 15 is 0 Å². The van der Waals surface area contributed by atoms with Crippen LogP contribution in [-0.2, 0) is 4.79 Å². The van der Waals surface area contributed by atoms with Crippen molar-refractivity contribution in [3.05, 3.63) is 23.3 Å². The number of ketones is 1. The maximum Gasteiger partial charge on any atom is 0.162 e. The van der Waals surface area contributed by atoms with Gasteiger partial charge in [-0.25, -0.2) is 0 Å². The number of Topliss-reactive ketones (excluding diaryl/α,β-unsaturated/α-hetero) is 1. The molecule has 0 heterocycles. The third kappa shape index (κ3) is 0.825. The molecule has 2 atom stereocenters. The van der Waals surface area contributed by atoms with Crippen molar-refractivity contribution in [3.8, 4) is 0 Å². The highest BCUT2D eigenvalue weighted by atomic mass is 16.1. The largest absolute Gasteiger partial charge is 0.294 e. The Balaban J connectivity index is 2.03. The predicted molar refractivity (Wildman–Crippen MR) is 46.6 cm³/mol. The SMILES string of the molecule is O=C1CCCC2=CC3CC3C=C12. The third-order valence-electron chi connectivity index (χ3n) is 3.18. The zero-order chi connectivity index (χ0) is 8.13. The Morgan fingerprint density at radius 2 is 2.00 bits per heavy atom. The Morgan fingerprint density at radius 1 is 1.17 bits per heavy atom. The summed E-state index contributed by atoms with van der Waals surface area (Å²) in [6.45, 7) is 0. The first-order chi connectivity index (χ1) is 5.84. The van der Waals surface area contributed by atoms with Crippen molar-refractivity contribution in [2.75, 3.05) is 0 Å². The highest BCUT2D eigenvalue weighted by molar-refractivity contribution is 6.01. The van der Waals surface area contributed by atoms with Crippen LogP contribution < -0.4 is 0 Å². The van der Waals surface area contributed by atoms with Gasteiger partial charge in [-0.05, 0) is 36.7 Å². The van der Waals surface area contributed by atoms with Gasteiger partial charge in [-0.1, -0.05) is 12.2 Å². The molecule has 2 saturated carbocycles. The molecule has 0 aromatic rings. The lowest BCUT2D eigenvalue weighted by Crippen LogP contribution is -2.13. The van der Waals surface area contributed by atoms with Gasteiger partial charge in [-0.15, -0.1) is 0 Å². The zero-order valence-electron chi connectivity index (χ0n) is 7.05. The van der Waals surface area contributed by atoms with Gasteiger partial charge in [0, 0.05) is 12.0 Å². The van der Waals surface area contributed by atoms with Gasteiger partial charge < -0.3 is 0 Å². The van der Waals surface area contributed by atoms with Crippen LogP contribution in [0.5, 0.6) is 0 Å². The summed E-state index contributed by atoms with van der Waals surface area (Å²) >= 11 is 0. The van der Waals surface area contributed by atoms with Crippen LogP contribution >= 0.6 is 0 Å². The molecule has 0 bridgehead atoms. The Labute approximate surface area is 72.2 Å². The molecule has 1 heteroatoms. The smallest absolute Gasteiger partial charge is 0.162 e. The standard InChI is InChI=1S/C11H12O/c12-11-3-1-2-7-4-8-5-9(8)6-10(7)11/h4,6,8-9H,1-3,5H2. The van der Waals surface area contributed by atoms with E-state index in [0.29, 0.717) is 5.78 Å². The second-order valence-electron chi connectivity index (χ2n) is 4.11. The highest BCUT2D eigenvalue weighted by Crippen LogP contribution is 2.48. The molecule has 3 aliphatic carbocycles. The van der Waals surface area contributed by atoms with E-state index in [1.807, 2.05) is 0 Å². The van der Waals surface area contributed by atoms with E-state index in [1.54, 1.807) is 0 Å². The van der Waals surface area contributed by atoms with Gasteiger partial charge in [0.1, 0.15) is 0 Å². The first-order valence-corrected chi connectivity index (χ1v) is 4.81. The van der Waals surface area contributed by atoms with E-state index in [1.165, 1.54) is 12.0 Å². The minimum absolute atomic E-state index is 0.387. The maximum atomic E-state index is 11.5. The minimum atomic E-state index is 0.387. The van der Waals surface area contributed by atoms with E-state index in [-0.39, 0.29) is 0 Å². The van der Waals surface area contributed by atoms with Gasteiger partial charge in [0.2, 0.25) is 0 Å². The number of carbonyl (C=O) groups excluding carboxylic acids is 1. The van der Waals surface area contributed by atoms with Crippen LogP contribution in [-0.4, -0.2) is 5.78 Å². The Kier molecular flexibility index (Phi) is 1.16.